The number of H-pyrrole nitrogens is 1. The summed E-state index contributed by atoms with van der Waals surface area (Å²) in [6, 6.07) is 13.4. The highest BCUT2D eigenvalue weighted by atomic mass is 32.1. The van der Waals surface area contributed by atoms with Crippen molar-refractivity contribution in [2.45, 2.75) is 0 Å². The second kappa shape index (κ2) is 7.67. The van der Waals surface area contributed by atoms with Crippen molar-refractivity contribution < 1.29 is 9.13 Å². The van der Waals surface area contributed by atoms with Gasteiger partial charge in [-0.15, -0.1) is 0 Å². The van der Waals surface area contributed by atoms with Crippen molar-refractivity contribution in [2.24, 2.45) is 5.10 Å². The SMILES string of the molecule is C=CCOc1cccc(/C=N\n2c(-c3ccc(F)cc3)n[nH]c2=S)c1. The molecule has 0 fully saturated rings. The van der Waals surface area contributed by atoms with Crippen LogP contribution in [0, 0.1) is 10.6 Å². The number of nitrogens with one attached hydrogen (secondary N) is 1. The zero-order chi connectivity index (χ0) is 17.6. The summed E-state index contributed by atoms with van der Waals surface area (Å²) < 4.78 is 20.4. The van der Waals surface area contributed by atoms with E-state index in [2.05, 4.69) is 21.9 Å². The summed E-state index contributed by atoms with van der Waals surface area (Å²) in [6.07, 6.45) is 3.33. The average Bonchev–Trinajstić information content (AvgIpc) is 3.00. The number of hydrogen-bond acceptors (Lipinski definition) is 4. The molecule has 0 saturated heterocycles. The first-order valence-electron chi connectivity index (χ1n) is 7.49. The monoisotopic (exact) mass is 354 g/mol. The van der Waals surface area contributed by atoms with Gasteiger partial charge in [-0.1, -0.05) is 24.8 Å². The van der Waals surface area contributed by atoms with Crippen LogP contribution in [-0.2, 0) is 0 Å². The number of aromatic amines is 1. The molecule has 5 nitrogen and oxygen atoms in total. The molecule has 0 aliphatic carbocycles. The Morgan fingerprint density at radius 3 is 2.84 bits per heavy atom. The van der Waals surface area contributed by atoms with E-state index in [-0.39, 0.29) is 5.82 Å². The lowest BCUT2D eigenvalue weighted by Gasteiger charge is -2.04. The smallest absolute Gasteiger partial charge is 0.216 e. The Hall–Kier alpha value is -3.06. The van der Waals surface area contributed by atoms with Crippen molar-refractivity contribution in [1.82, 2.24) is 14.9 Å². The largest absolute Gasteiger partial charge is 0.490 e. The third-order valence-electron chi connectivity index (χ3n) is 3.30. The van der Waals surface area contributed by atoms with Crippen LogP contribution < -0.4 is 4.74 Å². The minimum atomic E-state index is -0.315. The summed E-state index contributed by atoms with van der Waals surface area (Å²) >= 11 is 5.22. The van der Waals surface area contributed by atoms with Gasteiger partial charge in [0, 0.05) is 5.56 Å². The molecule has 0 aliphatic rings. The van der Waals surface area contributed by atoms with Gasteiger partial charge in [-0.3, -0.25) is 0 Å². The van der Waals surface area contributed by atoms with Crippen molar-refractivity contribution in [2.75, 3.05) is 6.61 Å². The van der Waals surface area contributed by atoms with Gasteiger partial charge < -0.3 is 4.74 Å². The lowest BCUT2D eigenvalue weighted by atomic mass is 10.2. The Kier molecular flexibility index (Phi) is 5.15. The number of benzene rings is 2. The standard InChI is InChI=1S/C18H15FN4OS/c1-2-10-24-16-5-3-4-13(11-16)12-20-23-17(21-22-18(23)25)14-6-8-15(19)9-7-14/h2-9,11-12H,1,10H2,(H,22,25)/b20-12-. The second-order valence-corrected chi connectivity index (χ2v) is 5.47. The Morgan fingerprint density at radius 1 is 1.28 bits per heavy atom. The molecule has 0 spiro atoms. The fourth-order valence-corrected chi connectivity index (χ4v) is 2.33. The Labute approximate surface area is 149 Å². The van der Waals surface area contributed by atoms with E-state index in [4.69, 9.17) is 17.0 Å². The summed E-state index contributed by atoms with van der Waals surface area (Å²) in [6.45, 7) is 4.05. The third-order valence-corrected chi connectivity index (χ3v) is 3.57. The van der Waals surface area contributed by atoms with Crippen molar-refractivity contribution >= 4 is 18.4 Å². The van der Waals surface area contributed by atoms with E-state index >= 15 is 0 Å². The molecule has 25 heavy (non-hydrogen) atoms. The van der Waals surface area contributed by atoms with E-state index in [0.29, 0.717) is 22.8 Å². The number of hydrogen-bond donors (Lipinski definition) is 1. The minimum Gasteiger partial charge on any atom is -0.490 e. The summed E-state index contributed by atoms with van der Waals surface area (Å²) in [4.78, 5) is 0. The molecular weight excluding hydrogens is 339 g/mol. The van der Waals surface area contributed by atoms with E-state index in [0.717, 1.165) is 11.3 Å². The molecule has 0 radical (unpaired) electrons. The predicted molar refractivity (Wildman–Crippen MR) is 97.9 cm³/mol. The molecule has 0 bridgehead atoms. The molecule has 1 heterocycles. The third kappa shape index (κ3) is 4.07. The maximum Gasteiger partial charge on any atom is 0.216 e. The van der Waals surface area contributed by atoms with Crippen LogP contribution in [0.5, 0.6) is 5.75 Å². The van der Waals surface area contributed by atoms with Crippen LogP contribution in [0.15, 0.2) is 66.3 Å². The van der Waals surface area contributed by atoms with Gasteiger partial charge in [-0.05, 0) is 54.2 Å². The van der Waals surface area contributed by atoms with Gasteiger partial charge in [0.25, 0.3) is 0 Å². The van der Waals surface area contributed by atoms with Crippen molar-refractivity contribution in [3.05, 3.63) is 77.3 Å². The van der Waals surface area contributed by atoms with Crippen LogP contribution in [0.1, 0.15) is 5.56 Å². The first kappa shape index (κ1) is 16.8. The molecule has 0 atom stereocenters. The number of nitrogens with zero attached hydrogens (tertiary/aromatic N) is 3. The Balaban J connectivity index is 1.89. The van der Waals surface area contributed by atoms with E-state index in [1.807, 2.05) is 24.3 Å². The maximum atomic E-state index is 13.1. The van der Waals surface area contributed by atoms with Crippen LogP contribution in [0.3, 0.4) is 0 Å². The van der Waals surface area contributed by atoms with Gasteiger partial charge in [-0.25, -0.2) is 9.49 Å². The second-order valence-electron chi connectivity index (χ2n) is 5.09. The van der Waals surface area contributed by atoms with Crippen LogP contribution in [0.25, 0.3) is 11.4 Å². The van der Waals surface area contributed by atoms with E-state index in [9.17, 15) is 4.39 Å². The zero-order valence-electron chi connectivity index (χ0n) is 13.2. The summed E-state index contributed by atoms with van der Waals surface area (Å²) in [5, 5.41) is 11.2. The molecule has 0 aliphatic heterocycles. The van der Waals surface area contributed by atoms with Crippen molar-refractivity contribution in [3.63, 3.8) is 0 Å². The van der Waals surface area contributed by atoms with Crippen LogP contribution in [0.4, 0.5) is 4.39 Å². The number of aromatic nitrogens is 3. The zero-order valence-corrected chi connectivity index (χ0v) is 14.0. The van der Waals surface area contributed by atoms with E-state index in [1.165, 1.54) is 16.8 Å². The molecular formula is C18H15FN4OS. The average molecular weight is 354 g/mol. The highest BCUT2D eigenvalue weighted by Gasteiger charge is 2.08. The molecule has 0 unspecified atom stereocenters. The first-order valence-corrected chi connectivity index (χ1v) is 7.89. The lowest BCUT2D eigenvalue weighted by molar-refractivity contribution is 0.363. The fourth-order valence-electron chi connectivity index (χ4n) is 2.15. The molecule has 0 amide bonds. The van der Waals surface area contributed by atoms with Gasteiger partial charge >= 0.3 is 0 Å². The van der Waals surface area contributed by atoms with Crippen molar-refractivity contribution in [3.8, 4) is 17.1 Å². The molecule has 1 N–H and O–H groups in total. The Morgan fingerprint density at radius 2 is 2.08 bits per heavy atom. The topological polar surface area (TPSA) is 55.2 Å². The normalized spacial score (nSPS) is 10.9. The summed E-state index contributed by atoms with van der Waals surface area (Å²) in [7, 11) is 0. The van der Waals surface area contributed by atoms with Crippen LogP contribution in [-0.4, -0.2) is 27.7 Å². The van der Waals surface area contributed by atoms with Crippen molar-refractivity contribution in [1.29, 1.82) is 0 Å². The molecule has 3 rings (SSSR count). The van der Waals surface area contributed by atoms with Gasteiger partial charge in [-0.2, -0.15) is 14.9 Å². The molecule has 1 aromatic heterocycles. The predicted octanol–water partition coefficient (Wildman–Crippen LogP) is 4.19. The highest BCUT2D eigenvalue weighted by molar-refractivity contribution is 7.71. The van der Waals surface area contributed by atoms with Gasteiger partial charge in [0.15, 0.2) is 5.82 Å². The molecule has 0 saturated carbocycles. The van der Waals surface area contributed by atoms with E-state index < -0.39 is 0 Å². The first-order chi connectivity index (χ1) is 12.2. The maximum absolute atomic E-state index is 13.1. The molecule has 7 heteroatoms. The lowest BCUT2D eigenvalue weighted by Crippen LogP contribution is -1.96. The van der Waals surface area contributed by atoms with Gasteiger partial charge in [0.1, 0.15) is 18.2 Å². The summed E-state index contributed by atoms with van der Waals surface area (Å²) in [5.74, 6) is 0.906. The minimum absolute atomic E-state index is 0.315. The number of halogens is 1. The molecule has 2 aromatic carbocycles. The van der Waals surface area contributed by atoms with Gasteiger partial charge in [0.2, 0.25) is 4.77 Å². The van der Waals surface area contributed by atoms with Crippen LogP contribution in [0.2, 0.25) is 0 Å². The summed E-state index contributed by atoms with van der Waals surface area (Å²) in [5.41, 5.74) is 1.55. The Bertz CT molecular complexity index is 960. The molecule has 126 valence electrons. The number of ether oxygens (including phenoxy) is 1. The quantitative estimate of drug-likeness (QED) is 0.410. The highest BCUT2D eigenvalue weighted by Crippen LogP contribution is 2.18. The fraction of sp³-hybridized carbons (Fsp3) is 0.0556. The number of rotatable bonds is 6. The van der Waals surface area contributed by atoms with Gasteiger partial charge in [0.05, 0.1) is 6.21 Å². The van der Waals surface area contributed by atoms with E-state index in [1.54, 1.807) is 24.4 Å². The van der Waals surface area contributed by atoms with Crippen LogP contribution >= 0.6 is 12.2 Å². The molecule has 3 aromatic rings.